The molecule has 2 rings (SSSR count). The number of para-hydroxylation sites is 1. The zero-order valence-electron chi connectivity index (χ0n) is 12.2. The molecular weight excluding hydrogens is 287 g/mol. The molecule has 0 fully saturated rings. The fraction of sp³-hybridized carbons (Fsp3) is 0.250. The number of hydrogen-bond donors (Lipinski definition) is 0. The van der Waals surface area contributed by atoms with Crippen molar-refractivity contribution in [2.45, 2.75) is 6.54 Å². The molecule has 22 heavy (non-hydrogen) atoms. The van der Waals surface area contributed by atoms with E-state index < -0.39 is 4.92 Å². The van der Waals surface area contributed by atoms with Crippen LogP contribution in [0.25, 0.3) is 0 Å². The summed E-state index contributed by atoms with van der Waals surface area (Å²) in [6, 6.07) is 12.8. The number of nitrogens with zero attached hydrogens (tertiary/aromatic N) is 2. The summed E-state index contributed by atoms with van der Waals surface area (Å²) in [6.07, 6.45) is 0. The van der Waals surface area contributed by atoms with Gasteiger partial charge in [0.15, 0.2) is 11.6 Å². The lowest BCUT2D eigenvalue weighted by Crippen LogP contribution is -2.24. The van der Waals surface area contributed by atoms with E-state index in [1.807, 2.05) is 18.0 Å². The second-order valence-corrected chi connectivity index (χ2v) is 4.94. The maximum atomic E-state index is 13.4. The van der Waals surface area contributed by atoms with Gasteiger partial charge in [-0.15, -0.1) is 0 Å². The first-order chi connectivity index (χ1) is 10.6. The van der Waals surface area contributed by atoms with E-state index in [0.29, 0.717) is 19.7 Å². The molecule has 0 unspecified atom stereocenters. The average Bonchev–Trinajstić information content (AvgIpc) is 2.49. The zero-order chi connectivity index (χ0) is 15.9. The Labute approximate surface area is 128 Å². The van der Waals surface area contributed by atoms with Crippen LogP contribution in [0.1, 0.15) is 5.56 Å². The summed E-state index contributed by atoms with van der Waals surface area (Å²) >= 11 is 0. The summed E-state index contributed by atoms with van der Waals surface area (Å²) in [7, 11) is 1.88. The van der Waals surface area contributed by atoms with Crippen molar-refractivity contribution >= 4 is 5.69 Å². The Kier molecular flexibility index (Phi) is 5.43. The van der Waals surface area contributed by atoms with Gasteiger partial charge in [-0.2, -0.15) is 0 Å². The molecule has 0 N–H and O–H groups in total. The molecule has 0 spiro atoms. The second-order valence-electron chi connectivity index (χ2n) is 4.94. The van der Waals surface area contributed by atoms with Gasteiger partial charge in [-0.25, -0.2) is 4.39 Å². The number of nitro benzene ring substituents is 1. The molecule has 2 aromatic carbocycles. The first-order valence-electron chi connectivity index (χ1n) is 6.85. The highest BCUT2D eigenvalue weighted by molar-refractivity contribution is 5.34. The van der Waals surface area contributed by atoms with E-state index >= 15 is 0 Å². The van der Waals surface area contributed by atoms with Gasteiger partial charge in [-0.05, 0) is 24.7 Å². The van der Waals surface area contributed by atoms with Crippen LogP contribution in [-0.4, -0.2) is 30.0 Å². The van der Waals surface area contributed by atoms with Crippen LogP contribution in [-0.2, 0) is 6.54 Å². The minimum atomic E-state index is -0.412. The van der Waals surface area contributed by atoms with Crippen LogP contribution in [0, 0.1) is 15.9 Å². The fourth-order valence-electron chi connectivity index (χ4n) is 2.03. The van der Waals surface area contributed by atoms with Gasteiger partial charge in [0, 0.05) is 25.2 Å². The highest BCUT2D eigenvalue weighted by Gasteiger charge is 2.08. The minimum Gasteiger partial charge on any atom is -0.489 e. The summed E-state index contributed by atoms with van der Waals surface area (Å²) in [5, 5.41) is 10.7. The molecule has 0 amide bonds. The Bertz CT molecular complexity index is 649. The lowest BCUT2D eigenvalue weighted by atomic mass is 10.2. The molecule has 0 aliphatic rings. The molecule has 2 aromatic rings. The molecule has 0 atom stereocenters. The smallest absolute Gasteiger partial charge is 0.269 e. The maximum Gasteiger partial charge on any atom is 0.269 e. The van der Waals surface area contributed by atoms with Crippen molar-refractivity contribution in [1.29, 1.82) is 0 Å². The molecule has 0 saturated heterocycles. The number of benzene rings is 2. The van der Waals surface area contributed by atoms with E-state index in [9.17, 15) is 14.5 Å². The van der Waals surface area contributed by atoms with Gasteiger partial charge >= 0.3 is 0 Å². The number of non-ortho nitro benzene ring substituents is 1. The Morgan fingerprint density at radius 1 is 1.23 bits per heavy atom. The van der Waals surface area contributed by atoms with Crippen molar-refractivity contribution in [3.05, 3.63) is 70.0 Å². The largest absolute Gasteiger partial charge is 0.489 e. The number of ether oxygens (including phenoxy) is 1. The van der Waals surface area contributed by atoms with Gasteiger partial charge in [-0.3, -0.25) is 15.0 Å². The molecule has 0 saturated carbocycles. The van der Waals surface area contributed by atoms with Gasteiger partial charge in [-0.1, -0.05) is 24.3 Å². The summed E-state index contributed by atoms with van der Waals surface area (Å²) in [6.45, 7) is 1.48. The monoisotopic (exact) mass is 304 g/mol. The third kappa shape index (κ3) is 4.53. The molecule has 0 aliphatic heterocycles. The van der Waals surface area contributed by atoms with Crippen molar-refractivity contribution in [2.24, 2.45) is 0 Å². The minimum absolute atomic E-state index is 0.0773. The van der Waals surface area contributed by atoms with Crippen LogP contribution < -0.4 is 4.74 Å². The average molecular weight is 304 g/mol. The van der Waals surface area contributed by atoms with E-state index in [1.54, 1.807) is 30.3 Å². The second kappa shape index (κ2) is 7.51. The van der Waals surface area contributed by atoms with Crippen LogP contribution in [0.4, 0.5) is 10.1 Å². The van der Waals surface area contributed by atoms with Gasteiger partial charge in [0.05, 0.1) is 4.92 Å². The van der Waals surface area contributed by atoms with Crippen LogP contribution in [0.3, 0.4) is 0 Å². The van der Waals surface area contributed by atoms with Crippen LogP contribution >= 0.6 is 0 Å². The third-order valence-electron chi connectivity index (χ3n) is 3.14. The molecule has 0 radical (unpaired) electrons. The van der Waals surface area contributed by atoms with E-state index in [1.165, 1.54) is 12.1 Å². The molecule has 0 aromatic heterocycles. The SMILES string of the molecule is CN(CCOc1ccccc1F)Cc1cccc([N+](=O)[O-])c1. The van der Waals surface area contributed by atoms with E-state index in [2.05, 4.69) is 0 Å². The topological polar surface area (TPSA) is 55.6 Å². The van der Waals surface area contributed by atoms with Gasteiger partial charge in [0.25, 0.3) is 5.69 Å². The van der Waals surface area contributed by atoms with Crippen molar-refractivity contribution in [3.8, 4) is 5.75 Å². The van der Waals surface area contributed by atoms with Crippen molar-refractivity contribution < 1.29 is 14.1 Å². The Balaban J connectivity index is 1.83. The standard InChI is InChI=1S/C16H17FN2O3/c1-18(9-10-22-16-8-3-2-7-15(16)17)12-13-5-4-6-14(11-13)19(20)21/h2-8,11H,9-10,12H2,1H3. The Hall–Kier alpha value is -2.47. The van der Waals surface area contributed by atoms with E-state index in [4.69, 9.17) is 4.74 Å². The van der Waals surface area contributed by atoms with Gasteiger partial charge < -0.3 is 4.74 Å². The van der Waals surface area contributed by atoms with Crippen LogP contribution in [0.2, 0.25) is 0 Å². The van der Waals surface area contributed by atoms with Gasteiger partial charge in [0.2, 0.25) is 0 Å². The predicted molar refractivity (Wildman–Crippen MR) is 81.3 cm³/mol. The number of nitro groups is 1. The van der Waals surface area contributed by atoms with Crippen LogP contribution in [0.5, 0.6) is 5.75 Å². The van der Waals surface area contributed by atoms with Crippen molar-refractivity contribution in [2.75, 3.05) is 20.2 Å². The summed E-state index contributed by atoms with van der Waals surface area (Å²) in [5.41, 5.74) is 0.927. The molecule has 0 heterocycles. The third-order valence-corrected chi connectivity index (χ3v) is 3.14. The lowest BCUT2D eigenvalue weighted by molar-refractivity contribution is -0.384. The summed E-state index contributed by atoms with van der Waals surface area (Å²) in [5.74, 6) is -0.157. The molecule has 6 heteroatoms. The first-order valence-corrected chi connectivity index (χ1v) is 6.85. The quantitative estimate of drug-likeness (QED) is 0.582. The van der Waals surface area contributed by atoms with Gasteiger partial charge in [0.1, 0.15) is 6.61 Å². The van der Waals surface area contributed by atoms with Crippen molar-refractivity contribution in [1.82, 2.24) is 4.90 Å². The zero-order valence-corrected chi connectivity index (χ0v) is 12.2. The summed E-state index contributed by atoms with van der Waals surface area (Å²) in [4.78, 5) is 12.3. The maximum absolute atomic E-state index is 13.4. The molecular formula is C16H17FN2O3. The van der Waals surface area contributed by atoms with Crippen molar-refractivity contribution in [3.63, 3.8) is 0 Å². The van der Waals surface area contributed by atoms with Crippen LogP contribution in [0.15, 0.2) is 48.5 Å². The Morgan fingerprint density at radius 3 is 2.73 bits per heavy atom. The number of hydrogen-bond acceptors (Lipinski definition) is 4. The number of likely N-dealkylation sites (N-methyl/N-ethyl adjacent to an activating group) is 1. The molecule has 0 bridgehead atoms. The number of halogens is 1. The fourth-order valence-corrected chi connectivity index (χ4v) is 2.03. The molecule has 116 valence electrons. The van der Waals surface area contributed by atoms with E-state index in [-0.39, 0.29) is 17.3 Å². The highest BCUT2D eigenvalue weighted by Crippen LogP contribution is 2.16. The number of rotatable bonds is 7. The molecule has 5 nitrogen and oxygen atoms in total. The lowest BCUT2D eigenvalue weighted by Gasteiger charge is -2.17. The summed E-state index contributed by atoms with van der Waals surface area (Å²) < 4.78 is 18.8. The Morgan fingerprint density at radius 2 is 2.00 bits per heavy atom. The predicted octanol–water partition coefficient (Wildman–Crippen LogP) is 3.24. The first kappa shape index (κ1) is 15.9. The normalized spacial score (nSPS) is 10.7. The molecule has 0 aliphatic carbocycles. The highest BCUT2D eigenvalue weighted by atomic mass is 19.1. The van der Waals surface area contributed by atoms with E-state index in [0.717, 1.165) is 5.56 Å².